The first-order valence-corrected chi connectivity index (χ1v) is 5.94. The fourth-order valence-electron chi connectivity index (χ4n) is 1.84. The largest absolute Gasteiger partial charge is 0.465 e. The zero-order chi connectivity index (χ0) is 13.5. The van der Waals surface area contributed by atoms with E-state index in [1.165, 1.54) is 7.11 Å². The first-order chi connectivity index (χ1) is 8.63. The molecule has 0 saturated heterocycles. The van der Waals surface area contributed by atoms with Gasteiger partial charge >= 0.3 is 5.97 Å². The monoisotopic (exact) mass is 246 g/mol. The number of aryl methyl sites for hydroxylation is 1. The molecule has 4 nitrogen and oxygen atoms in total. The molecule has 0 atom stereocenters. The maximum Gasteiger partial charge on any atom is 0.338 e. The Labute approximate surface area is 108 Å². The average molecular weight is 246 g/mol. The van der Waals surface area contributed by atoms with Crippen LogP contribution in [0.3, 0.4) is 0 Å². The van der Waals surface area contributed by atoms with Crippen LogP contribution in [0.1, 0.15) is 29.3 Å². The molecule has 0 aliphatic carbocycles. The van der Waals surface area contributed by atoms with Gasteiger partial charge < -0.3 is 9.64 Å². The molecule has 0 aliphatic heterocycles. The number of hydrogen-bond donors (Lipinski definition) is 0. The Morgan fingerprint density at radius 3 is 2.72 bits per heavy atom. The number of ether oxygens (including phenoxy) is 1. The van der Waals surface area contributed by atoms with Gasteiger partial charge in [0.25, 0.3) is 0 Å². The zero-order valence-corrected chi connectivity index (χ0v) is 11.1. The van der Waals surface area contributed by atoms with E-state index >= 15 is 0 Å². The highest BCUT2D eigenvalue weighted by Crippen LogP contribution is 2.20. The highest BCUT2D eigenvalue weighted by atomic mass is 16.5. The van der Waals surface area contributed by atoms with Gasteiger partial charge in [-0.3, -0.25) is 0 Å². The van der Waals surface area contributed by atoms with Gasteiger partial charge in [0, 0.05) is 18.8 Å². The summed E-state index contributed by atoms with van der Waals surface area (Å²) in [4.78, 5) is 13.6. The molecule has 0 unspecified atom stereocenters. The predicted octanol–water partition coefficient (Wildman–Crippen LogP) is 2.52. The molecule has 0 radical (unpaired) electrons. The highest BCUT2D eigenvalue weighted by Gasteiger charge is 2.11. The first kappa shape index (κ1) is 14.0. The predicted molar refractivity (Wildman–Crippen MR) is 70.6 cm³/mol. The molecule has 0 N–H and O–H groups in total. The van der Waals surface area contributed by atoms with Gasteiger partial charge in [0.15, 0.2) is 0 Å². The molecule has 96 valence electrons. The van der Waals surface area contributed by atoms with Gasteiger partial charge in [-0.05, 0) is 37.6 Å². The quantitative estimate of drug-likeness (QED) is 0.749. The second kappa shape index (κ2) is 6.65. The minimum Gasteiger partial charge on any atom is -0.465 e. The van der Waals surface area contributed by atoms with Crippen molar-refractivity contribution in [3.05, 3.63) is 29.3 Å². The van der Waals surface area contributed by atoms with Crippen LogP contribution in [0.25, 0.3) is 0 Å². The minimum atomic E-state index is -0.320. The number of nitrogens with zero attached hydrogens (tertiary/aromatic N) is 2. The SMILES string of the molecule is CCN(CCC#N)c1ccc(C(=O)OC)c(C)c1. The van der Waals surface area contributed by atoms with Crippen LogP contribution in [0, 0.1) is 18.3 Å². The van der Waals surface area contributed by atoms with Crippen LogP contribution in [-0.2, 0) is 4.74 Å². The summed E-state index contributed by atoms with van der Waals surface area (Å²) in [5, 5.41) is 8.62. The Morgan fingerprint density at radius 2 is 2.22 bits per heavy atom. The van der Waals surface area contributed by atoms with Gasteiger partial charge in [-0.15, -0.1) is 0 Å². The number of carbonyl (C=O) groups is 1. The lowest BCUT2D eigenvalue weighted by atomic mass is 10.1. The van der Waals surface area contributed by atoms with Crippen LogP contribution in [-0.4, -0.2) is 26.2 Å². The topological polar surface area (TPSA) is 53.3 Å². The molecule has 0 amide bonds. The molecule has 4 heteroatoms. The molecule has 0 saturated carbocycles. The van der Waals surface area contributed by atoms with Crippen molar-refractivity contribution in [3.8, 4) is 6.07 Å². The van der Waals surface area contributed by atoms with Gasteiger partial charge in [0.05, 0.1) is 25.2 Å². The summed E-state index contributed by atoms with van der Waals surface area (Å²) in [5.41, 5.74) is 2.49. The Bertz CT molecular complexity index is 463. The maximum absolute atomic E-state index is 11.5. The van der Waals surface area contributed by atoms with Gasteiger partial charge in [-0.1, -0.05) is 0 Å². The molecule has 0 heterocycles. The van der Waals surface area contributed by atoms with Crippen molar-refractivity contribution in [2.45, 2.75) is 20.3 Å². The number of hydrogen-bond acceptors (Lipinski definition) is 4. The first-order valence-electron chi connectivity index (χ1n) is 5.94. The van der Waals surface area contributed by atoms with E-state index in [1.807, 2.05) is 26.0 Å². The molecule has 0 spiro atoms. The molecule has 1 aromatic rings. The second-order valence-electron chi connectivity index (χ2n) is 3.98. The summed E-state index contributed by atoms with van der Waals surface area (Å²) in [6.07, 6.45) is 0.492. The van der Waals surface area contributed by atoms with Gasteiger partial charge in [0.1, 0.15) is 0 Å². The summed E-state index contributed by atoms with van der Waals surface area (Å²) < 4.78 is 4.71. The summed E-state index contributed by atoms with van der Waals surface area (Å²) >= 11 is 0. The third-order valence-electron chi connectivity index (χ3n) is 2.86. The Balaban J connectivity index is 2.95. The van der Waals surface area contributed by atoms with E-state index < -0.39 is 0 Å². The lowest BCUT2D eigenvalue weighted by molar-refractivity contribution is 0.0600. The minimum absolute atomic E-state index is 0.320. The number of benzene rings is 1. The molecular weight excluding hydrogens is 228 g/mol. The fourth-order valence-corrected chi connectivity index (χ4v) is 1.84. The summed E-state index contributed by atoms with van der Waals surface area (Å²) in [7, 11) is 1.38. The van der Waals surface area contributed by atoms with E-state index in [0.29, 0.717) is 18.5 Å². The third-order valence-corrected chi connectivity index (χ3v) is 2.86. The smallest absolute Gasteiger partial charge is 0.338 e. The van der Waals surface area contributed by atoms with Crippen LogP contribution in [0.15, 0.2) is 18.2 Å². The van der Waals surface area contributed by atoms with Gasteiger partial charge in [-0.2, -0.15) is 5.26 Å². The van der Waals surface area contributed by atoms with Crippen molar-refractivity contribution in [3.63, 3.8) is 0 Å². The lowest BCUT2D eigenvalue weighted by Crippen LogP contribution is -2.23. The van der Waals surface area contributed by atoms with Crippen LogP contribution in [0.5, 0.6) is 0 Å². The molecule has 0 aliphatic rings. The summed E-state index contributed by atoms with van der Waals surface area (Å²) in [6, 6.07) is 7.75. The van der Waals surface area contributed by atoms with E-state index in [4.69, 9.17) is 10.00 Å². The third kappa shape index (κ3) is 3.24. The van der Waals surface area contributed by atoms with Crippen LogP contribution in [0.2, 0.25) is 0 Å². The number of nitriles is 1. The second-order valence-corrected chi connectivity index (χ2v) is 3.98. The van der Waals surface area contributed by atoms with Crippen molar-refractivity contribution < 1.29 is 9.53 Å². The number of carbonyl (C=O) groups excluding carboxylic acids is 1. The van der Waals surface area contributed by atoms with E-state index in [0.717, 1.165) is 17.8 Å². The van der Waals surface area contributed by atoms with Crippen molar-refractivity contribution in [1.29, 1.82) is 5.26 Å². The van der Waals surface area contributed by atoms with E-state index in [-0.39, 0.29) is 5.97 Å². The van der Waals surface area contributed by atoms with E-state index in [9.17, 15) is 4.79 Å². The van der Waals surface area contributed by atoms with E-state index in [2.05, 4.69) is 11.0 Å². The maximum atomic E-state index is 11.5. The normalized spacial score (nSPS) is 9.67. The summed E-state index contributed by atoms with van der Waals surface area (Å²) in [5.74, 6) is -0.320. The molecule has 1 rings (SSSR count). The molecule has 1 aromatic carbocycles. The Kier molecular flexibility index (Phi) is 5.19. The zero-order valence-electron chi connectivity index (χ0n) is 11.1. The molecular formula is C14H18N2O2. The average Bonchev–Trinajstić information content (AvgIpc) is 2.39. The van der Waals surface area contributed by atoms with Crippen molar-refractivity contribution in [2.75, 3.05) is 25.1 Å². The van der Waals surface area contributed by atoms with E-state index in [1.54, 1.807) is 6.07 Å². The number of methoxy groups -OCH3 is 1. The molecule has 0 fully saturated rings. The lowest BCUT2D eigenvalue weighted by Gasteiger charge is -2.22. The standard InChI is InChI=1S/C14H18N2O2/c1-4-16(9-5-8-15)12-6-7-13(11(2)10-12)14(17)18-3/h6-7,10H,4-5,9H2,1-3H3. The van der Waals surface area contributed by atoms with Crippen molar-refractivity contribution in [1.82, 2.24) is 0 Å². The molecule has 0 bridgehead atoms. The number of esters is 1. The van der Waals surface area contributed by atoms with Crippen molar-refractivity contribution >= 4 is 11.7 Å². The molecule has 0 aromatic heterocycles. The van der Waals surface area contributed by atoms with Crippen LogP contribution >= 0.6 is 0 Å². The highest BCUT2D eigenvalue weighted by molar-refractivity contribution is 5.91. The molecule has 18 heavy (non-hydrogen) atoms. The van der Waals surface area contributed by atoms with Gasteiger partial charge in [0.2, 0.25) is 0 Å². The number of rotatable bonds is 5. The number of anilines is 1. The van der Waals surface area contributed by atoms with Gasteiger partial charge in [-0.25, -0.2) is 4.79 Å². The van der Waals surface area contributed by atoms with Crippen LogP contribution in [0.4, 0.5) is 5.69 Å². The van der Waals surface area contributed by atoms with Crippen LogP contribution < -0.4 is 4.90 Å². The fraction of sp³-hybridized carbons (Fsp3) is 0.429. The van der Waals surface area contributed by atoms with Crippen molar-refractivity contribution in [2.24, 2.45) is 0 Å². The summed E-state index contributed by atoms with van der Waals surface area (Å²) in [6.45, 7) is 5.46. The Morgan fingerprint density at radius 1 is 1.50 bits per heavy atom. The Hall–Kier alpha value is -2.02.